The standard InChI is InChI=1S/C51H34N4/c1-4-14-35(15-5-1)36-23-27-38(28-24-36)48-53-49(39-29-25-37(26-30-39)47-22-12-13-33-52-47)55-50(54-48)40-31-32-46-44(34-40)43-20-10-11-21-45(43)51(46,41-16-6-2-7-17-41)42-18-8-3-9-19-42/h1-34H. The summed E-state index contributed by atoms with van der Waals surface area (Å²) in [6.45, 7) is 0. The molecule has 2 heterocycles. The van der Waals surface area contributed by atoms with Gasteiger partial charge in [-0.3, -0.25) is 4.98 Å². The minimum Gasteiger partial charge on any atom is -0.256 e. The van der Waals surface area contributed by atoms with E-state index in [4.69, 9.17) is 15.0 Å². The van der Waals surface area contributed by atoms with E-state index in [0.29, 0.717) is 17.5 Å². The molecule has 0 bridgehead atoms. The summed E-state index contributed by atoms with van der Waals surface area (Å²) in [4.78, 5) is 19.9. The largest absolute Gasteiger partial charge is 0.256 e. The van der Waals surface area contributed by atoms with Gasteiger partial charge in [0.15, 0.2) is 17.5 Å². The summed E-state index contributed by atoms with van der Waals surface area (Å²) in [7, 11) is 0. The lowest BCUT2D eigenvalue weighted by Crippen LogP contribution is -2.28. The summed E-state index contributed by atoms with van der Waals surface area (Å²) < 4.78 is 0. The van der Waals surface area contributed by atoms with Crippen molar-refractivity contribution in [3.8, 4) is 67.7 Å². The summed E-state index contributed by atoms with van der Waals surface area (Å²) >= 11 is 0. The Morgan fingerprint density at radius 2 is 0.764 bits per heavy atom. The maximum Gasteiger partial charge on any atom is 0.164 e. The zero-order valence-electron chi connectivity index (χ0n) is 29.9. The van der Waals surface area contributed by atoms with Crippen LogP contribution in [0.2, 0.25) is 0 Å². The third-order valence-corrected chi connectivity index (χ3v) is 10.7. The fourth-order valence-electron chi connectivity index (χ4n) is 8.12. The van der Waals surface area contributed by atoms with Gasteiger partial charge in [-0.25, -0.2) is 15.0 Å². The molecule has 0 fully saturated rings. The first-order valence-corrected chi connectivity index (χ1v) is 18.6. The summed E-state index contributed by atoms with van der Waals surface area (Å²) in [6.07, 6.45) is 1.82. The topological polar surface area (TPSA) is 51.6 Å². The maximum absolute atomic E-state index is 5.17. The van der Waals surface area contributed by atoms with Gasteiger partial charge in [-0.15, -0.1) is 0 Å². The predicted molar refractivity (Wildman–Crippen MR) is 222 cm³/mol. The van der Waals surface area contributed by atoms with Gasteiger partial charge >= 0.3 is 0 Å². The first-order chi connectivity index (χ1) is 27.3. The highest BCUT2D eigenvalue weighted by molar-refractivity contribution is 5.88. The predicted octanol–water partition coefficient (Wildman–Crippen LogP) is 12.0. The second-order valence-corrected chi connectivity index (χ2v) is 13.8. The van der Waals surface area contributed by atoms with Crippen molar-refractivity contribution in [1.29, 1.82) is 0 Å². The van der Waals surface area contributed by atoms with Crippen LogP contribution in [0, 0.1) is 0 Å². The molecule has 0 saturated carbocycles. The number of hydrogen-bond acceptors (Lipinski definition) is 4. The first-order valence-electron chi connectivity index (χ1n) is 18.6. The highest BCUT2D eigenvalue weighted by atomic mass is 15.0. The van der Waals surface area contributed by atoms with Gasteiger partial charge in [-0.2, -0.15) is 0 Å². The average molecular weight is 703 g/mol. The van der Waals surface area contributed by atoms with Crippen molar-refractivity contribution in [3.63, 3.8) is 0 Å². The Morgan fingerprint density at radius 3 is 1.36 bits per heavy atom. The average Bonchev–Trinajstić information content (AvgIpc) is 3.58. The minimum absolute atomic E-state index is 0.474. The molecule has 4 nitrogen and oxygen atoms in total. The highest BCUT2D eigenvalue weighted by Crippen LogP contribution is 2.56. The summed E-state index contributed by atoms with van der Waals surface area (Å²) in [6, 6.07) is 70.4. The van der Waals surface area contributed by atoms with Gasteiger partial charge < -0.3 is 0 Å². The van der Waals surface area contributed by atoms with Crippen LogP contribution in [0.4, 0.5) is 0 Å². The maximum atomic E-state index is 5.17. The molecule has 9 aromatic rings. The van der Waals surface area contributed by atoms with Crippen molar-refractivity contribution in [2.45, 2.75) is 5.41 Å². The SMILES string of the molecule is c1ccc(-c2ccc(-c3nc(-c4ccc(-c5ccccn5)cc4)nc(-c4ccc5c(c4)-c4ccccc4C5(c4ccccc4)c4ccccc4)n3)cc2)cc1. The van der Waals surface area contributed by atoms with E-state index >= 15 is 0 Å². The monoisotopic (exact) mass is 702 g/mol. The molecule has 0 atom stereocenters. The zero-order valence-corrected chi connectivity index (χ0v) is 29.9. The van der Waals surface area contributed by atoms with Gasteiger partial charge in [-0.05, 0) is 62.7 Å². The van der Waals surface area contributed by atoms with E-state index < -0.39 is 5.41 Å². The van der Waals surface area contributed by atoms with Crippen molar-refractivity contribution in [2.24, 2.45) is 0 Å². The highest BCUT2D eigenvalue weighted by Gasteiger charge is 2.46. The number of rotatable bonds is 7. The van der Waals surface area contributed by atoms with E-state index in [1.165, 1.54) is 38.9 Å². The normalized spacial score (nSPS) is 12.5. The molecule has 0 saturated heterocycles. The molecule has 0 N–H and O–H groups in total. The fourth-order valence-corrected chi connectivity index (χ4v) is 8.12. The lowest BCUT2D eigenvalue weighted by atomic mass is 9.67. The van der Waals surface area contributed by atoms with Crippen molar-refractivity contribution >= 4 is 0 Å². The molecular weight excluding hydrogens is 669 g/mol. The number of benzene rings is 7. The molecule has 0 unspecified atom stereocenters. The number of aromatic nitrogens is 4. The van der Waals surface area contributed by atoms with Crippen molar-refractivity contribution in [3.05, 3.63) is 229 Å². The Morgan fingerprint density at radius 1 is 0.309 bits per heavy atom. The van der Waals surface area contributed by atoms with Crippen molar-refractivity contribution in [1.82, 2.24) is 19.9 Å². The van der Waals surface area contributed by atoms with Crippen molar-refractivity contribution < 1.29 is 0 Å². The Kier molecular flexibility index (Phi) is 8.00. The van der Waals surface area contributed by atoms with Crippen LogP contribution in [0.3, 0.4) is 0 Å². The molecule has 0 radical (unpaired) electrons. The molecule has 55 heavy (non-hydrogen) atoms. The second kappa shape index (κ2) is 13.6. The molecular formula is C51H34N4. The van der Waals surface area contributed by atoms with Crippen LogP contribution in [0.25, 0.3) is 67.7 Å². The fraction of sp³-hybridized carbons (Fsp3) is 0.0196. The van der Waals surface area contributed by atoms with Gasteiger partial charge in [-0.1, -0.05) is 182 Å². The molecule has 0 amide bonds. The number of hydrogen-bond donors (Lipinski definition) is 0. The smallest absolute Gasteiger partial charge is 0.164 e. The first kappa shape index (κ1) is 32.4. The molecule has 1 aliphatic rings. The molecule has 7 aromatic carbocycles. The van der Waals surface area contributed by atoms with Crippen LogP contribution < -0.4 is 0 Å². The van der Waals surface area contributed by atoms with E-state index in [-0.39, 0.29) is 0 Å². The lowest BCUT2D eigenvalue weighted by Gasteiger charge is -2.33. The lowest BCUT2D eigenvalue weighted by molar-refractivity contribution is 0.768. The van der Waals surface area contributed by atoms with E-state index in [1.54, 1.807) is 0 Å². The molecule has 0 aliphatic heterocycles. The molecule has 4 heteroatoms. The summed E-state index contributed by atoms with van der Waals surface area (Å²) in [5.41, 5.74) is 13.9. The Hall–Kier alpha value is -7.30. The van der Waals surface area contributed by atoms with Gasteiger partial charge in [0, 0.05) is 28.5 Å². The van der Waals surface area contributed by atoms with Gasteiger partial charge in [0.25, 0.3) is 0 Å². The number of pyridine rings is 1. The van der Waals surface area contributed by atoms with E-state index in [1.807, 2.05) is 30.5 Å². The van der Waals surface area contributed by atoms with Gasteiger partial charge in [0.05, 0.1) is 11.1 Å². The molecule has 258 valence electrons. The molecule has 10 rings (SSSR count). The number of fused-ring (bicyclic) bond motifs is 3. The third-order valence-electron chi connectivity index (χ3n) is 10.7. The Bertz CT molecular complexity index is 2630. The van der Waals surface area contributed by atoms with Gasteiger partial charge in [0.2, 0.25) is 0 Å². The summed E-state index contributed by atoms with van der Waals surface area (Å²) in [5, 5.41) is 0. The number of nitrogens with zero attached hydrogens (tertiary/aromatic N) is 4. The molecule has 1 aliphatic carbocycles. The van der Waals surface area contributed by atoms with E-state index in [0.717, 1.165) is 33.5 Å². The van der Waals surface area contributed by atoms with Crippen LogP contribution in [-0.4, -0.2) is 19.9 Å². The van der Waals surface area contributed by atoms with E-state index in [9.17, 15) is 0 Å². The zero-order chi connectivity index (χ0) is 36.6. The minimum atomic E-state index is -0.474. The van der Waals surface area contributed by atoms with E-state index in [2.05, 4.69) is 181 Å². The van der Waals surface area contributed by atoms with Crippen LogP contribution in [0.1, 0.15) is 22.3 Å². The van der Waals surface area contributed by atoms with Gasteiger partial charge in [0.1, 0.15) is 0 Å². The quantitative estimate of drug-likeness (QED) is 0.166. The second-order valence-electron chi connectivity index (χ2n) is 13.8. The molecule has 2 aromatic heterocycles. The van der Waals surface area contributed by atoms with Crippen LogP contribution in [-0.2, 0) is 5.41 Å². The van der Waals surface area contributed by atoms with Crippen LogP contribution in [0.15, 0.2) is 206 Å². The molecule has 0 spiro atoms. The summed E-state index contributed by atoms with van der Waals surface area (Å²) in [5.74, 6) is 1.86. The third kappa shape index (κ3) is 5.63. The Labute approximate surface area is 320 Å². The van der Waals surface area contributed by atoms with Crippen molar-refractivity contribution in [2.75, 3.05) is 0 Å². The van der Waals surface area contributed by atoms with Crippen LogP contribution in [0.5, 0.6) is 0 Å². The van der Waals surface area contributed by atoms with Crippen LogP contribution >= 0.6 is 0 Å². The Balaban J connectivity index is 1.14.